The van der Waals surface area contributed by atoms with Crippen LogP contribution >= 0.6 is 0 Å². The third-order valence-electron chi connectivity index (χ3n) is 2.24. The van der Waals surface area contributed by atoms with Gasteiger partial charge >= 0.3 is 0 Å². The van der Waals surface area contributed by atoms with Crippen LogP contribution in [0.25, 0.3) is 0 Å². The molecule has 0 saturated carbocycles. The summed E-state index contributed by atoms with van der Waals surface area (Å²) in [5.74, 6) is -1.41. The van der Waals surface area contributed by atoms with Crippen molar-refractivity contribution in [2.75, 3.05) is 0 Å². The van der Waals surface area contributed by atoms with E-state index < -0.39 is 17.7 Å². The van der Waals surface area contributed by atoms with E-state index >= 15 is 0 Å². The lowest BCUT2D eigenvalue weighted by molar-refractivity contribution is -0.136. The molecule has 3 heteroatoms. The molecule has 0 fully saturated rings. The van der Waals surface area contributed by atoms with Crippen molar-refractivity contribution in [1.82, 2.24) is 0 Å². The standard InChI is InChI=1S/C11H19FO2/c1-5-8(4)11(14)10(12)9(13)6-7(2)3/h7-8,10H,5-6H2,1-4H3. The van der Waals surface area contributed by atoms with E-state index in [4.69, 9.17) is 0 Å². The molecule has 0 radical (unpaired) electrons. The molecule has 14 heavy (non-hydrogen) atoms. The highest BCUT2D eigenvalue weighted by Crippen LogP contribution is 2.12. The molecule has 0 aromatic rings. The largest absolute Gasteiger partial charge is 0.296 e. The molecule has 0 aliphatic heterocycles. The summed E-state index contributed by atoms with van der Waals surface area (Å²) in [5, 5.41) is 0. The minimum absolute atomic E-state index is 0.102. The van der Waals surface area contributed by atoms with E-state index in [9.17, 15) is 14.0 Å². The second kappa shape index (κ2) is 5.89. The maximum Gasteiger partial charge on any atom is 0.216 e. The Hall–Kier alpha value is -0.730. The summed E-state index contributed by atoms with van der Waals surface area (Å²) >= 11 is 0. The number of alkyl halides is 1. The Balaban J connectivity index is 4.24. The van der Waals surface area contributed by atoms with Gasteiger partial charge in [0.15, 0.2) is 11.6 Å². The Morgan fingerprint density at radius 1 is 1.21 bits per heavy atom. The predicted molar refractivity (Wildman–Crippen MR) is 53.8 cm³/mol. The van der Waals surface area contributed by atoms with E-state index in [1.807, 2.05) is 20.8 Å². The molecule has 0 saturated heterocycles. The van der Waals surface area contributed by atoms with Gasteiger partial charge in [-0.3, -0.25) is 9.59 Å². The Bertz CT molecular complexity index is 211. The molecule has 2 nitrogen and oxygen atoms in total. The third kappa shape index (κ3) is 3.99. The molecule has 0 heterocycles. The van der Waals surface area contributed by atoms with Crippen LogP contribution in [0.3, 0.4) is 0 Å². The minimum Gasteiger partial charge on any atom is -0.296 e. The van der Waals surface area contributed by atoms with Gasteiger partial charge in [0.2, 0.25) is 6.17 Å². The quantitative estimate of drug-likeness (QED) is 0.620. The summed E-state index contributed by atoms with van der Waals surface area (Å²) in [7, 11) is 0. The number of carbonyl (C=O) groups is 2. The zero-order valence-corrected chi connectivity index (χ0v) is 9.34. The van der Waals surface area contributed by atoms with Crippen molar-refractivity contribution in [3.8, 4) is 0 Å². The number of hydrogen-bond donors (Lipinski definition) is 0. The molecule has 0 aromatic heterocycles. The second-order valence-corrected chi connectivity index (χ2v) is 4.14. The first-order chi connectivity index (χ1) is 6.40. The first-order valence-corrected chi connectivity index (χ1v) is 5.10. The Morgan fingerprint density at radius 2 is 1.71 bits per heavy atom. The lowest BCUT2D eigenvalue weighted by Gasteiger charge is -2.11. The van der Waals surface area contributed by atoms with Gasteiger partial charge in [-0.1, -0.05) is 27.7 Å². The van der Waals surface area contributed by atoms with Gasteiger partial charge in [-0.15, -0.1) is 0 Å². The van der Waals surface area contributed by atoms with E-state index in [1.165, 1.54) is 0 Å². The van der Waals surface area contributed by atoms with Gasteiger partial charge in [-0.25, -0.2) is 4.39 Å². The summed E-state index contributed by atoms with van der Waals surface area (Å²) in [4.78, 5) is 22.5. The van der Waals surface area contributed by atoms with E-state index in [0.29, 0.717) is 6.42 Å². The van der Waals surface area contributed by atoms with Gasteiger partial charge in [-0.05, 0) is 12.3 Å². The predicted octanol–water partition coefficient (Wildman–Crippen LogP) is 2.55. The van der Waals surface area contributed by atoms with Crippen LogP contribution in [0.1, 0.15) is 40.5 Å². The summed E-state index contributed by atoms with van der Waals surface area (Å²) in [6.45, 7) is 7.12. The van der Waals surface area contributed by atoms with Gasteiger partial charge in [0.25, 0.3) is 0 Å². The Labute approximate surface area is 84.9 Å². The minimum atomic E-state index is -1.91. The number of hydrogen-bond acceptors (Lipinski definition) is 2. The number of halogens is 1. The van der Waals surface area contributed by atoms with E-state index in [0.717, 1.165) is 0 Å². The van der Waals surface area contributed by atoms with Gasteiger partial charge in [0.05, 0.1) is 0 Å². The molecular formula is C11H19FO2. The maximum atomic E-state index is 13.3. The van der Waals surface area contributed by atoms with Crippen molar-refractivity contribution in [1.29, 1.82) is 0 Å². The smallest absolute Gasteiger partial charge is 0.216 e. The van der Waals surface area contributed by atoms with Gasteiger partial charge in [0, 0.05) is 12.3 Å². The molecule has 0 rings (SSSR count). The molecule has 0 aliphatic carbocycles. The summed E-state index contributed by atoms with van der Waals surface area (Å²) in [6, 6.07) is 0. The van der Waals surface area contributed by atoms with E-state index in [1.54, 1.807) is 6.92 Å². The van der Waals surface area contributed by atoms with E-state index in [-0.39, 0.29) is 18.3 Å². The average molecular weight is 202 g/mol. The van der Waals surface area contributed by atoms with Crippen LogP contribution in [-0.2, 0) is 9.59 Å². The van der Waals surface area contributed by atoms with Crippen molar-refractivity contribution < 1.29 is 14.0 Å². The fraction of sp³-hybridized carbons (Fsp3) is 0.818. The molecule has 0 bridgehead atoms. The summed E-state index contributed by atoms with van der Waals surface area (Å²) in [5.41, 5.74) is 0. The van der Waals surface area contributed by atoms with Crippen molar-refractivity contribution in [3.05, 3.63) is 0 Å². The first-order valence-electron chi connectivity index (χ1n) is 5.10. The molecule has 0 spiro atoms. The summed E-state index contributed by atoms with van der Waals surface area (Å²) < 4.78 is 13.3. The maximum absolute atomic E-state index is 13.3. The van der Waals surface area contributed by atoms with Crippen molar-refractivity contribution in [2.24, 2.45) is 11.8 Å². The second-order valence-electron chi connectivity index (χ2n) is 4.14. The van der Waals surface area contributed by atoms with Crippen LogP contribution in [0, 0.1) is 11.8 Å². The molecule has 2 atom stereocenters. The van der Waals surface area contributed by atoms with Crippen molar-refractivity contribution >= 4 is 11.6 Å². The average Bonchev–Trinajstić information content (AvgIpc) is 2.13. The number of carbonyl (C=O) groups excluding carboxylic acids is 2. The number of rotatable bonds is 6. The van der Waals surface area contributed by atoms with Crippen LogP contribution in [0.5, 0.6) is 0 Å². The molecule has 82 valence electrons. The van der Waals surface area contributed by atoms with Gasteiger partial charge < -0.3 is 0 Å². The molecule has 2 unspecified atom stereocenters. The van der Waals surface area contributed by atoms with E-state index in [2.05, 4.69) is 0 Å². The van der Waals surface area contributed by atoms with Crippen LogP contribution in [-0.4, -0.2) is 17.7 Å². The first kappa shape index (κ1) is 13.3. The van der Waals surface area contributed by atoms with Gasteiger partial charge in [0.1, 0.15) is 0 Å². The molecule has 0 aliphatic rings. The Kier molecular flexibility index (Phi) is 5.58. The zero-order chi connectivity index (χ0) is 11.3. The molecule has 0 N–H and O–H groups in total. The number of ketones is 2. The Morgan fingerprint density at radius 3 is 2.07 bits per heavy atom. The van der Waals surface area contributed by atoms with Crippen molar-refractivity contribution in [2.45, 2.75) is 46.7 Å². The van der Waals surface area contributed by atoms with Crippen LogP contribution in [0.2, 0.25) is 0 Å². The van der Waals surface area contributed by atoms with Gasteiger partial charge in [-0.2, -0.15) is 0 Å². The normalized spacial score (nSPS) is 15.3. The highest BCUT2D eigenvalue weighted by Gasteiger charge is 2.28. The van der Waals surface area contributed by atoms with Crippen LogP contribution < -0.4 is 0 Å². The fourth-order valence-electron chi connectivity index (χ4n) is 1.12. The summed E-state index contributed by atoms with van der Waals surface area (Å²) in [6.07, 6.45) is -1.19. The molecule has 0 aromatic carbocycles. The van der Waals surface area contributed by atoms with Crippen molar-refractivity contribution in [3.63, 3.8) is 0 Å². The SMILES string of the molecule is CCC(C)C(=O)C(F)C(=O)CC(C)C. The highest BCUT2D eigenvalue weighted by atomic mass is 19.1. The van der Waals surface area contributed by atoms with Crippen LogP contribution in [0.15, 0.2) is 0 Å². The van der Waals surface area contributed by atoms with Crippen LogP contribution in [0.4, 0.5) is 4.39 Å². The topological polar surface area (TPSA) is 34.1 Å². The molecule has 0 amide bonds. The monoisotopic (exact) mass is 202 g/mol. The molecular weight excluding hydrogens is 183 g/mol. The number of Topliss-reactive ketones (excluding diaryl/α,β-unsaturated/α-hetero) is 2. The lowest BCUT2D eigenvalue weighted by Crippen LogP contribution is -2.30. The zero-order valence-electron chi connectivity index (χ0n) is 9.34. The highest BCUT2D eigenvalue weighted by molar-refractivity contribution is 6.05. The fourth-order valence-corrected chi connectivity index (χ4v) is 1.12. The third-order valence-corrected chi connectivity index (χ3v) is 2.24. The lowest BCUT2D eigenvalue weighted by atomic mass is 9.94.